The third-order valence-electron chi connectivity index (χ3n) is 3.05. The lowest BCUT2D eigenvalue weighted by atomic mass is 10.2. The van der Waals surface area contributed by atoms with Gasteiger partial charge in [-0.05, 0) is 25.1 Å². The molecule has 0 bridgehead atoms. The Balaban J connectivity index is 2.04. The number of carbonyl (C=O) groups excluding carboxylic acids is 1. The number of nitrogens with zero attached hydrogens (tertiary/aromatic N) is 2. The van der Waals surface area contributed by atoms with E-state index in [1.807, 2.05) is 0 Å². The number of aromatic nitrogens is 2. The number of esters is 1. The number of benzene rings is 1. The molecule has 2 aromatic heterocycles. The van der Waals surface area contributed by atoms with Crippen LogP contribution in [0.25, 0.3) is 10.2 Å². The molecule has 0 aliphatic heterocycles. The van der Waals surface area contributed by atoms with Crippen LogP contribution in [0.1, 0.15) is 17.3 Å². The lowest BCUT2D eigenvalue weighted by molar-refractivity contribution is 0.0529. The molecule has 1 N–H and O–H groups in total. The van der Waals surface area contributed by atoms with E-state index in [0.29, 0.717) is 27.3 Å². The van der Waals surface area contributed by atoms with Gasteiger partial charge in [-0.15, -0.1) is 11.3 Å². The maximum Gasteiger partial charge on any atom is 0.339 e. The molecule has 23 heavy (non-hydrogen) atoms. The van der Waals surface area contributed by atoms with Gasteiger partial charge in [0.05, 0.1) is 22.6 Å². The number of thiophene rings is 1. The highest BCUT2D eigenvalue weighted by atomic mass is 35.5. The molecule has 0 saturated heterocycles. The number of nitrogens with one attached hydrogen (secondary N) is 1. The quantitative estimate of drug-likeness (QED) is 0.705. The number of rotatable bonds is 4. The van der Waals surface area contributed by atoms with Crippen LogP contribution in [0.15, 0.2) is 29.9 Å². The first-order chi connectivity index (χ1) is 11.1. The van der Waals surface area contributed by atoms with E-state index >= 15 is 0 Å². The molecule has 8 heteroatoms. The van der Waals surface area contributed by atoms with Gasteiger partial charge in [0.25, 0.3) is 0 Å². The standard InChI is InChI=1S/C15H11ClFN3O2S/c1-2-22-15(21)9-6-23-14-12(9)13(18-7-19-14)20-8-3-4-11(17)10(16)5-8/h3-7H,2H2,1H3,(H,18,19,20). The van der Waals surface area contributed by atoms with Crippen molar-refractivity contribution in [2.24, 2.45) is 0 Å². The van der Waals surface area contributed by atoms with Gasteiger partial charge in [0.1, 0.15) is 22.8 Å². The molecular formula is C15H11ClFN3O2S. The van der Waals surface area contributed by atoms with Gasteiger partial charge in [-0.25, -0.2) is 19.2 Å². The average Bonchev–Trinajstić information content (AvgIpc) is 2.96. The van der Waals surface area contributed by atoms with Gasteiger partial charge in [-0.3, -0.25) is 0 Å². The number of halogens is 2. The van der Waals surface area contributed by atoms with Gasteiger partial charge in [-0.1, -0.05) is 11.6 Å². The molecule has 0 fully saturated rings. The summed E-state index contributed by atoms with van der Waals surface area (Å²) in [7, 11) is 0. The summed E-state index contributed by atoms with van der Waals surface area (Å²) in [6, 6.07) is 4.23. The Morgan fingerprint density at radius 3 is 3.00 bits per heavy atom. The summed E-state index contributed by atoms with van der Waals surface area (Å²) in [4.78, 5) is 21.0. The molecule has 3 aromatic rings. The minimum Gasteiger partial charge on any atom is -0.462 e. The maximum absolute atomic E-state index is 13.3. The van der Waals surface area contributed by atoms with Gasteiger partial charge in [0, 0.05) is 11.1 Å². The molecule has 2 heterocycles. The molecular weight excluding hydrogens is 341 g/mol. The van der Waals surface area contributed by atoms with Crippen LogP contribution >= 0.6 is 22.9 Å². The lowest BCUT2D eigenvalue weighted by Gasteiger charge is -2.08. The van der Waals surface area contributed by atoms with Crippen molar-refractivity contribution in [1.82, 2.24) is 9.97 Å². The van der Waals surface area contributed by atoms with Crippen LogP contribution in [0.3, 0.4) is 0 Å². The van der Waals surface area contributed by atoms with E-state index in [1.165, 1.54) is 35.9 Å². The van der Waals surface area contributed by atoms with Gasteiger partial charge in [0.15, 0.2) is 0 Å². The predicted octanol–water partition coefficient (Wildman–Crippen LogP) is 4.40. The fourth-order valence-corrected chi connectivity index (χ4v) is 3.10. The molecule has 3 rings (SSSR count). The summed E-state index contributed by atoms with van der Waals surface area (Å²) in [6.45, 7) is 2.02. The van der Waals surface area contributed by atoms with Crippen LogP contribution in [0.4, 0.5) is 15.9 Å². The molecule has 0 aliphatic carbocycles. The van der Waals surface area contributed by atoms with Crippen LogP contribution in [0.2, 0.25) is 5.02 Å². The topological polar surface area (TPSA) is 64.1 Å². The number of anilines is 2. The lowest BCUT2D eigenvalue weighted by Crippen LogP contribution is -2.05. The number of ether oxygens (including phenoxy) is 1. The van der Waals surface area contributed by atoms with Crippen molar-refractivity contribution in [1.29, 1.82) is 0 Å². The third-order valence-corrected chi connectivity index (χ3v) is 4.22. The van der Waals surface area contributed by atoms with Crippen molar-refractivity contribution in [3.63, 3.8) is 0 Å². The van der Waals surface area contributed by atoms with Gasteiger partial charge in [0.2, 0.25) is 0 Å². The Kier molecular flexibility index (Phi) is 4.40. The zero-order chi connectivity index (χ0) is 16.4. The highest BCUT2D eigenvalue weighted by Gasteiger charge is 2.18. The fraction of sp³-hybridized carbons (Fsp3) is 0.133. The molecule has 5 nitrogen and oxygen atoms in total. The zero-order valence-electron chi connectivity index (χ0n) is 12.0. The molecule has 0 saturated carbocycles. The van der Waals surface area contributed by atoms with Crippen LogP contribution < -0.4 is 5.32 Å². The van der Waals surface area contributed by atoms with Crippen LogP contribution in [-0.2, 0) is 4.74 Å². The maximum atomic E-state index is 13.3. The third kappa shape index (κ3) is 3.11. The summed E-state index contributed by atoms with van der Waals surface area (Å²) in [5.74, 6) is -0.511. The number of carbonyl (C=O) groups is 1. The molecule has 118 valence electrons. The van der Waals surface area contributed by atoms with E-state index in [9.17, 15) is 9.18 Å². The Morgan fingerprint density at radius 2 is 2.26 bits per heavy atom. The van der Waals surface area contributed by atoms with Crippen LogP contribution in [0.5, 0.6) is 0 Å². The van der Waals surface area contributed by atoms with E-state index < -0.39 is 11.8 Å². The van der Waals surface area contributed by atoms with Gasteiger partial charge in [-0.2, -0.15) is 0 Å². The highest BCUT2D eigenvalue weighted by molar-refractivity contribution is 7.17. The largest absolute Gasteiger partial charge is 0.462 e. The van der Waals surface area contributed by atoms with Gasteiger partial charge < -0.3 is 10.1 Å². The van der Waals surface area contributed by atoms with Crippen molar-refractivity contribution in [2.75, 3.05) is 11.9 Å². The smallest absolute Gasteiger partial charge is 0.339 e. The predicted molar refractivity (Wildman–Crippen MR) is 88.1 cm³/mol. The summed E-state index contributed by atoms with van der Waals surface area (Å²) < 4.78 is 18.3. The zero-order valence-corrected chi connectivity index (χ0v) is 13.5. The molecule has 0 aliphatic rings. The Labute approximate surface area is 140 Å². The second-order valence-corrected chi connectivity index (χ2v) is 5.79. The SMILES string of the molecule is CCOC(=O)c1csc2ncnc(Nc3ccc(F)c(Cl)c3)c12. The van der Waals surface area contributed by atoms with Crippen molar-refractivity contribution in [3.8, 4) is 0 Å². The summed E-state index contributed by atoms with van der Waals surface area (Å²) in [5.41, 5.74) is 0.945. The van der Waals surface area contributed by atoms with E-state index in [2.05, 4.69) is 15.3 Å². The normalized spacial score (nSPS) is 10.7. The number of fused-ring (bicyclic) bond motifs is 1. The van der Waals surface area contributed by atoms with Gasteiger partial charge >= 0.3 is 5.97 Å². The van der Waals surface area contributed by atoms with Crippen molar-refractivity contribution < 1.29 is 13.9 Å². The highest BCUT2D eigenvalue weighted by Crippen LogP contribution is 2.32. The summed E-state index contributed by atoms with van der Waals surface area (Å²) >= 11 is 7.10. The number of hydrogen-bond donors (Lipinski definition) is 1. The van der Waals surface area contributed by atoms with E-state index in [1.54, 1.807) is 12.3 Å². The molecule has 0 unspecified atom stereocenters. The first-order valence-corrected chi connectivity index (χ1v) is 7.97. The van der Waals surface area contributed by atoms with Crippen LogP contribution in [-0.4, -0.2) is 22.5 Å². The minimum atomic E-state index is -0.507. The van der Waals surface area contributed by atoms with Crippen LogP contribution in [0, 0.1) is 5.82 Å². The average molecular weight is 352 g/mol. The Morgan fingerprint density at radius 1 is 1.43 bits per heavy atom. The fourth-order valence-electron chi connectivity index (χ4n) is 2.04. The molecule has 0 amide bonds. The second-order valence-electron chi connectivity index (χ2n) is 4.53. The molecule has 0 radical (unpaired) electrons. The minimum absolute atomic E-state index is 0.00349. The van der Waals surface area contributed by atoms with Crippen molar-refractivity contribution in [3.05, 3.63) is 46.3 Å². The second kappa shape index (κ2) is 6.47. The summed E-state index contributed by atoms with van der Waals surface area (Å²) in [5, 5.41) is 5.28. The molecule has 0 atom stereocenters. The van der Waals surface area contributed by atoms with E-state index in [4.69, 9.17) is 16.3 Å². The summed E-state index contributed by atoms with van der Waals surface area (Å²) in [6.07, 6.45) is 1.39. The monoisotopic (exact) mass is 351 g/mol. The molecule has 0 spiro atoms. The number of hydrogen-bond acceptors (Lipinski definition) is 6. The Bertz CT molecular complexity index is 884. The first-order valence-electron chi connectivity index (χ1n) is 6.71. The van der Waals surface area contributed by atoms with Crippen molar-refractivity contribution >= 4 is 50.6 Å². The first kappa shape index (κ1) is 15.6. The van der Waals surface area contributed by atoms with Crippen molar-refractivity contribution in [2.45, 2.75) is 6.92 Å². The molecule has 1 aromatic carbocycles. The Hall–Kier alpha value is -2.25. The van der Waals surface area contributed by atoms with E-state index in [-0.39, 0.29) is 11.6 Å². The van der Waals surface area contributed by atoms with E-state index in [0.717, 1.165) is 0 Å².